The van der Waals surface area contributed by atoms with E-state index in [1.807, 2.05) is 12.3 Å². The molecule has 2 aromatic carbocycles. The Bertz CT molecular complexity index is 1570. The highest BCUT2D eigenvalue weighted by molar-refractivity contribution is 5.76. The quantitative estimate of drug-likeness (QED) is 0.108. The molecule has 1 amide bonds. The molecule has 10 nitrogen and oxygen atoms in total. The molecule has 5 N–H and O–H groups in total. The number of nitrogens with zero attached hydrogens (tertiary/aromatic N) is 2. The Morgan fingerprint density at radius 2 is 1.76 bits per heavy atom. The Morgan fingerprint density at radius 3 is 2.47 bits per heavy atom. The number of aromatic nitrogens is 1. The van der Waals surface area contributed by atoms with Crippen LogP contribution in [0.4, 0.5) is 0 Å². The number of hydrogen-bond acceptors (Lipinski definition) is 9. The molecule has 0 spiro atoms. The molecule has 0 saturated heterocycles. The average molecular weight is 705 g/mol. The van der Waals surface area contributed by atoms with Crippen LogP contribution in [0.2, 0.25) is 0 Å². The fourth-order valence-corrected chi connectivity index (χ4v) is 6.96. The number of aryl methyl sites for hydroxylation is 2. The lowest BCUT2D eigenvalue weighted by molar-refractivity contribution is -0.140. The van der Waals surface area contributed by atoms with Crippen LogP contribution in [-0.2, 0) is 21.4 Å². The summed E-state index contributed by atoms with van der Waals surface area (Å²) in [5.74, 6) is 0.991. The molecule has 51 heavy (non-hydrogen) atoms. The molecule has 1 unspecified atom stereocenters. The molecule has 2 aliphatic rings. The third-order valence-corrected chi connectivity index (χ3v) is 10.7. The van der Waals surface area contributed by atoms with E-state index < -0.39 is 31.0 Å². The number of aliphatic hydroxyl groups excluding tert-OH is 5. The van der Waals surface area contributed by atoms with Crippen LogP contribution in [0.5, 0.6) is 5.75 Å². The maximum absolute atomic E-state index is 13.2. The lowest BCUT2D eigenvalue weighted by Gasteiger charge is -2.30. The van der Waals surface area contributed by atoms with E-state index in [2.05, 4.69) is 67.5 Å². The first-order valence-electron chi connectivity index (χ1n) is 18.5. The number of methoxy groups -OCH3 is 1. The lowest BCUT2D eigenvalue weighted by Crippen LogP contribution is -2.51. The number of hydrogen-bond donors (Lipinski definition) is 5. The van der Waals surface area contributed by atoms with E-state index in [0.717, 1.165) is 56.3 Å². The zero-order valence-corrected chi connectivity index (χ0v) is 30.3. The van der Waals surface area contributed by atoms with Gasteiger partial charge in [-0.25, -0.2) is 0 Å². The van der Waals surface area contributed by atoms with Gasteiger partial charge < -0.3 is 39.9 Å². The van der Waals surface area contributed by atoms with E-state index in [0.29, 0.717) is 12.5 Å². The summed E-state index contributed by atoms with van der Waals surface area (Å²) in [7, 11) is 1.51. The smallest absolute Gasteiger partial charge is 0.222 e. The molecule has 3 aromatic rings. The van der Waals surface area contributed by atoms with Crippen molar-refractivity contribution in [3.63, 3.8) is 0 Å². The highest BCUT2D eigenvalue weighted by atomic mass is 16.5. The van der Waals surface area contributed by atoms with Crippen molar-refractivity contribution in [2.75, 3.05) is 33.4 Å². The number of amides is 1. The predicted molar refractivity (Wildman–Crippen MR) is 196 cm³/mol. The topological polar surface area (TPSA) is 153 Å². The van der Waals surface area contributed by atoms with Gasteiger partial charge in [-0.15, -0.1) is 0 Å². The summed E-state index contributed by atoms with van der Waals surface area (Å²) in [5, 5.41) is 49.4. The summed E-state index contributed by atoms with van der Waals surface area (Å²) in [4.78, 5) is 19.2. The predicted octanol–water partition coefficient (Wildman–Crippen LogP) is 4.45. The number of aliphatic hydroxyl groups is 5. The zero-order chi connectivity index (χ0) is 36.5. The average Bonchev–Trinajstić information content (AvgIpc) is 4.09. The van der Waals surface area contributed by atoms with Crippen molar-refractivity contribution < 1.29 is 39.8 Å². The molecule has 5 rings (SSSR count). The molecular weight excluding hydrogens is 648 g/mol. The molecule has 278 valence electrons. The van der Waals surface area contributed by atoms with Crippen LogP contribution < -0.4 is 4.74 Å². The van der Waals surface area contributed by atoms with E-state index in [1.165, 1.54) is 39.8 Å². The van der Waals surface area contributed by atoms with Crippen molar-refractivity contribution in [1.29, 1.82) is 0 Å². The van der Waals surface area contributed by atoms with E-state index in [9.17, 15) is 25.2 Å². The third kappa shape index (κ3) is 10.2. The van der Waals surface area contributed by atoms with Crippen molar-refractivity contribution in [2.45, 2.75) is 113 Å². The fourth-order valence-electron chi connectivity index (χ4n) is 6.96. The van der Waals surface area contributed by atoms with Gasteiger partial charge >= 0.3 is 0 Å². The molecule has 10 heteroatoms. The fraction of sp³-hybridized carbons (Fsp3) is 0.561. The van der Waals surface area contributed by atoms with Crippen LogP contribution in [-0.4, -0.2) is 105 Å². The van der Waals surface area contributed by atoms with Crippen LogP contribution in [0.15, 0.2) is 60.9 Å². The summed E-state index contributed by atoms with van der Waals surface area (Å²) < 4.78 is 11.4. The maximum Gasteiger partial charge on any atom is 0.222 e. The Labute approximate surface area is 302 Å². The minimum absolute atomic E-state index is 0.0970. The van der Waals surface area contributed by atoms with Gasteiger partial charge in [0, 0.05) is 44.6 Å². The monoisotopic (exact) mass is 704 g/mol. The summed E-state index contributed by atoms with van der Waals surface area (Å²) in [5.41, 5.74) is 7.63. The van der Waals surface area contributed by atoms with Crippen LogP contribution in [0.3, 0.4) is 0 Å². The molecule has 2 fully saturated rings. The van der Waals surface area contributed by atoms with Crippen molar-refractivity contribution in [3.05, 3.63) is 83.2 Å². The largest absolute Gasteiger partial charge is 0.490 e. The first-order chi connectivity index (χ1) is 24.6. The molecule has 0 radical (unpaired) electrons. The van der Waals surface area contributed by atoms with E-state index in [4.69, 9.17) is 14.6 Å². The van der Waals surface area contributed by atoms with Gasteiger partial charge in [-0.2, -0.15) is 0 Å². The number of ether oxygens (including phenoxy) is 2. The number of carbonyl (C=O) groups excluding carboxylic acids is 1. The minimum atomic E-state index is -1.75. The number of carbonyl (C=O) groups is 1. The van der Waals surface area contributed by atoms with Gasteiger partial charge in [-0.3, -0.25) is 9.78 Å². The third-order valence-electron chi connectivity index (χ3n) is 10.7. The molecule has 2 aliphatic carbocycles. The SMILES string of the molecule is COCCN(C[C@H](O)[C@@H](O)[C@H](O)[C@H](O)CO)C(=O)CCCC(C)c1ccc(C)c(CCC2(c3cnccc3-c3ccccc3OC3CC3)CC2)c1. The van der Waals surface area contributed by atoms with Gasteiger partial charge in [0.2, 0.25) is 5.91 Å². The Hall–Kier alpha value is -3.38. The Kier molecular flexibility index (Phi) is 13.6. The number of para-hydroxylation sites is 1. The molecule has 5 atom stereocenters. The van der Waals surface area contributed by atoms with Crippen molar-refractivity contribution in [2.24, 2.45) is 0 Å². The molecule has 1 aromatic heterocycles. The van der Waals surface area contributed by atoms with Gasteiger partial charge in [-0.1, -0.05) is 43.3 Å². The first-order valence-corrected chi connectivity index (χ1v) is 18.5. The van der Waals surface area contributed by atoms with Crippen molar-refractivity contribution in [1.82, 2.24) is 9.88 Å². The normalized spacial score (nSPS) is 18.0. The highest BCUT2D eigenvalue weighted by Crippen LogP contribution is 2.55. The number of rotatable bonds is 21. The van der Waals surface area contributed by atoms with Crippen molar-refractivity contribution >= 4 is 5.91 Å². The molecule has 0 bridgehead atoms. The van der Waals surface area contributed by atoms with Crippen LogP contribution in [0.25, 0.3) is 11.1 Å². The van der Waals surface area contributed by atoms with Crippen molar-refractivity contribution in [3.8, 4) is 16.9 Å². The second-order valence-electron chi connectivity index (χ2n) is 14.6. The second-order valence-corrected chi connectivity index (χ2v) is 14.6. The molecular formula is C41H56N2O8. The van der Waals surface area contributed by atoms with Crippen LogP contribution >= 0.6 is 0 Å². The van der Waals surface area contributed by atoms with Gasteiger partial charge in [0.1, 0.15) is 30.2 Å². The summed E-state index contributed by atoms with van der Waals surface area (Å²) in [6.45, 7) is 3.80. The molecule has 2 saturated carbocycles. The maximum atomic E-state index is 13.2. The zero-order valence-electron chi connectivity index (χ0n) is 30.3. The van der Waals surface area contributed by atoms with Crippen LogP contribution in [0, 0.1) is 6.92 Å². The highest BCUT2D eigenvalue weighted by Gasteiger charge is 2.45. The van der Waals surface area contributed by atoms with E-state index in [1.54, 1.807) is 0 Å². The van der Waals surface area contributed by atoms with E-state index in [-0.39, 0.29) is 43.4 Å². The Balaban J connectivity index is 1.18. The van der Waals surface area contributed by atoms with Gasteiger partial charge in [0.05, 0.1) is 19.3 Å². The van der Waals surface area contributed by atoms with Gasteiger partial charge in [0.15, 0.2) is 0 Å². The summed E-state index contributed by atoms with van der Waals surface area (Å²) in [6, 6.07) is 17.2. The standard InChI is InChI=1S/C41H56N2O8/c1-27(7-6-10-38(47)43(21-22-50-3)25-35(45)39(48)40(49)36(46)26-44)29-12-11-28(2)30(23-29)15-17-41(18-19-41)34-24-42-20-16-32(34)33-8-4-5-9-37(33)51-31-13-14-31/h4-5,8-9,11-12,16,20,23-24,27,31,35-36,39-40,44-46,48-49H,6-7,10,13-15,17-19,21-22,25-26H2,1-3H3/t27?,35-,36+,39+,40+/m0/s1. The number of benzene rings is 2. The molecule has 0 aliphatic heterocycles. The summed E-state index contributed by atoms with van der Waals surface area (Å²) >= 11 is 0. The van der Waals surface area contributed by atoms with Crippen LogP contribution in [0.1, 0.15) is 86.5 Å². The molecule has 1 heterocycles. The van der Waals surface area contributed by atoms with Gasteiger partial charge in [-0.05, 0) is 110 Å². The first kappa shape index (κ1) is 38.8. The minimum Gasteiger partial charge on any atom is -0.490 e. The Morgan fingerprint density at radius 1 is 1.02 bits per heavy atom. The van der Waals surface area contributed by atoms with Gasteiger partial charge in [0.25, 0.3) is 0 Å². The lowest BCUT2D eigenvalue weighted by atomic mass is 9.84. The second kappa shape index (κ2) is 17.9. The summed E-state index contributed by atoms with van der Waals surface area (Å²) in [6.07, 6.45) is 5.89. The van der Waals surface area contributed by atoms with E-state index >= 15 is 0 Å². The number of pyridine rings is 1.